The molecule has 1 aliphatic carbocycles. The van der Waals surface area contributed by atoms with Crippen LogP contribution in [0.2, 0.25) is 0 Å². The van der Waals surface area contributed by atoms with Crippen LogP contribution >= 0.6 is 11.3 Å². The second kappa shape index (κ2) is 6.69. The molecule has 18 heavy (non-hydrogen) atoms. The molecular formula is C15H25NOS. The Balaban J connectivity index is 1.97. The maximum absolute atomic E-state index is 6.32. The molecule has 2 N–H and O–H groups in total. The standard InChI is InChI=1S/C15H25NOS/c1-3-14(16)15(12-8-9-18-10-12)17-13-6-4-11(2)5-7-13/h8-11,13-15H,3-7,16H2,1-2H3. The van der Waals surface area contributed by atoms with Gasteiger partial charge in [-0.05, 0) is 60.4 Å². The Morgan fingerprint density at radius 1 is 1.39 bits per heavy atom. The van der Waals surface area contributed by atoms with Crippen molar-refractivity contribution in [2.45, 2.75) is 64.2 Å². The van der Waals surface area contributed by atoms with Crippen LogP contribution in [-0.4, -0.2) is 12.1 Å². The van der Waals surface area contributed by atoms with Crippen molar-refractivity contribution >= 4 is 11.3 Å². The van der Waals surface area contributed by atoms with Crippen LogP contribution in [0.1, 0.15) is 57.6 Å². The van der Waals surface area contributed by atoms with E-state index in [9.17, 15) is 0 Å². The van der Waals surface area contributed by atoms with Gasteiger partial charge >= 0.3 is 0 Å². The van der Waals surface area contributed by atoms with Crippen molar-refractivity contribution in [3.8, 4) is 0 Å². The Hall–Kier alpha value is -0.380. The molecule has 102 valence electrons. The predicted molar refractivity (Wildman–Crippen MR) is 77.8 cm³/mol. The smallest absolute Gasteiger partial charge is 0.0987 e. The normalized spacial score (nSPS) is 27.9. The second-order valence-electron chi connectivity index (χ2n) is 5.57. The van der Waals surface area contributed by atoms with Crippen LogP contribution in [-0.2, 0) is 4.74 Å². The first-order valence-corrected chi connectivity index (χ1v) is 8.08. The third-order valence-electron chi connectivity index (χ3n) is 4.03. The Kier molecular flexibility index (Phi) is 5.22. The third-order valence-corrected chi connectivity index (χ3v) is 4.74. The van der Waals surface area contributed by atoms with Crippen LogP contribution < -0.4 is 5.73 Å². The van der Waals surface area contributed by atoms with Crippen molar-refractivity contribution in [3.05, 3.63) is 22.4 Å². The van der Waals surface area contributed by atoms with Gasteiger partial charge in [0.1, 0.15) is 0 Å². The Labute approximate surface area is 115 Å². The van der Waals surface area contributed by atoms with Crippen molar-refractivity contribution in [2.24, 2.45) is 11.7 Å². The highest BCUT2D eigenvalue weighted by molar-refractivity contribution is 7.07. The lowest BCUT2D eigenvalue weighted by molar-refractivity contribution is -0.0486. The first-order valence-electron chi connectivity index (χ1n) is 7.13. The van der Waals surface area contributed by atoms with Crippen molar-refractivity contribution < 1.29 is 4.74 Å². The van der Waals surface area contributed by atoms with Crippen LogP contribution in [0.3, 0.4) is 0 Å². The van der Waals surface area contributed by atoms with Crippen molar-refractivity contribution in [1.29, 1.82) is 0 Å². The lowest BCUT2D eigenvalue weighted by Gasteiger charge is -2.32. The minimum atomic E-state index is 0.0830. The molecule has 0 aromatic carbocycles. The SMILES string of the molecule is CCC(N)C(OC1CCC(C)CC1)c1ccsc1. The summed E-state index contributed by atoms with van der Waals surface area (Å²) in [4.78, 5) is 0. The first-order chi connectivity index (χ1) is 8.70. The van der Waals surface area contributed by atoms with Crippen LogP contribution in [0.4, 0.5) is 0 Å². The molecule has 3 heteroatoms. The fraction of sp³-hybridized carbons (Fsp3) is 0.733. The Morgan fingerprint density at radius 3 is 2.67 bits per heavy atom. The third kappa shape index (κ3) is 3.56. The van der Waals surface area contributed by atoms with Gasteiger partial charge < -0.3 is 10.5 Å². The molecular weight excluding hydrogens is 242 g/mol. The van der Waals surface area contributed by atoms with E-state index in [-0.39, 0.29) is 12.1 Å². The van der Waals surface area contributed by atoms with E-state index in [0.717, 1.165) is 12.3 Å². The van der Waals surface area contributed by atoms with E-state index in [1.54, 1.807) is 11.3 Å². The number of ether oxygens (including phenoxy) is 1. The van der Waals surface area contributed by atoms with Crippen LogP contribution in [0, 0.1) is 5.92 Å². The summed E-state index contributed by atoms with van der Waals surface area (Å²) in [6.45, 7) is 4.47. The van der Waals surface area contributed by atoms with Gasteiger partial charge in [-0.25, -0.2) is 0 Å². The number of nitrogens with two attached hydrogens (primary N) is 1. The van der Waals surface area contributed by atoms with Gasteiger partial charge in [-0.1, -0.05) is 13.8 Å². The molecule has 0 radical (unpaired) electrons. The molecule has 0 spiro atoms. The van der Waals surface area contributed by atoms with Gasteiger partial charge in [0.15, 0.2) is 0 Å². The zero-order valence-corrected chi connectivity index (χ0v) is 12.3. The topological polar surface area (TPSA) is 35.2 Å². The lowest BCUT2D eigenvalue weighted by atomic mass is 9.88. The molecule has 2 rings (SSSR count). The summed E-state index contributed by atoms with van der Waals surface area (Å²) in [7, 11) is 0. The summed E-state index contributed by atoms with van der Waals surface area (Å²) in [5, 5.41) is 4.28. The fourth-order valence-corrected chi connectivity index (χ4v) is 3.33. The number of hydrogen-bond donors (Lipinski definition) is 1. The maximum atomic E-state index is 6.32. The monoisotopic (exact) mass is 267 g/mol. The van der Waals surface area contributed by atoms with Crippen molar-refractivity contribution in [1.82, 2.24) is 0 Å². The summed E-state index contributed by atoms with van der Waals surface area (Å²) >= 11 is 1.72. The van der Waals surface area contributed by atoms with Gasteiger partial charge in [0, 0.05) is 6.04 Å². The van der Waals surface area contributed by atoms with Gasteiger partial charge in [0.05, 0.1) is 12.2 Å². The van der Waals surface area contributed by atoms with Crippen molar-refractivity contribution in [3.63, 3.8) is 0 Å². The molecule has 0 aliphatic heterocycles. The zero-order chi connectivity index (χ0) is 13.0. The van der Waals surface area contributed by atoms with Gasteiger partial charge in [0.2, 0.25) is 0 Å². The number of hydrogen-bond acceptors (Lipinski definition) is 3. The molecule has 1 fully saturated rings. The Morgan fingerprint density at radius 2 is 2.11 bits per heavy atom. The van der Waals surface area contributed by atoms with Crippen molar-refractivity contribution in [2.75, 3.05) is 0 Å². The summed E-state index contributed by atoms with van der Waals surface area (Å²) < 4.78 is 6.32. The van der Waals surface area contributed by atoms with Crippen LogP contribution in [0.15, 0.2) is 16.8 Å². The average molecular weight is 267 g/mol. The number of rotatable bonds is 5. The molecule has 1 aliphatic rings. The van der Waals surface area contributed by atoms with E-state index in [2.05, 4.69) is 30.7 Å². The highest BCUT2D eigenvalue weighted by Gasteiger charge is 2.26. The highest BCUT2D eigenvalue weighted by atomic mass is 32.1. The largest absolute Gasteiger partial charge is 0.369 e. The average Bonchev–Trinajstić information content (AvgIpc) is 2.91. The van der Waals surface area contributed by atoms with E-state index in [1.165, 1.54) is 31.2 Å². The molecule has 2 atom stereocenters. The highest BCUT2D eigenvalue weighted by Crippen LogP contribution is 2.32. The van der Waals surface area contributed by atoms with E-state index in [0.29, 0.717) is 6.10 Å². The summed E-state index contributed by atoms with van der Waals surface area (Å²) in [6, 6.07) is 2.26. The summed E-state index contributed by atoms with van der Waals surface area (Å²) in [6.07, 6.45) is 6.42. The molecule has 2 unspecified atom stereocenters. The van der Waals surface area contributed by atoms with E-state index >= 15 is 0 Å². The first kappa shape index (κ1) is 14.0. The van der Waals surface area contributed by atoms with E-state index in [1.807, 2.05) is 0 Å². The molecule has 0 bridgehead atoms. The second-order valence-corrected chi connectivity index (χ2v) is 6.35. The molecule has 1 aromatic heterocycles. The summed E-state index contributed by atoms with van der Waals surface area (Å²) in [5.74, 6) is 0.865. The van der Waals surface area contributed by atoms with Crippen LogP contribution in [0.25, 0.3) is 0 Å². The Bertz CT molecular complexity index is 330. The molecule has 2 nitrogen and oxygen atoms in total. The lowest BCUT2D eigenvalue weighted by Crippen LogP contribution is -2.33. The molecule has 1 aromatic rings. The quantitative estimate of drug-likeness (QED) is 0.871. The molecule has 0 saturated heterocycles. The fourth-order valence-electron chi connectivity index (χ4n) is 2.65. The summed E-state index contributed by atoms with van der Waals surface area (Å²) in [5.41, 5.74) is 7.49. The van der Waals surface area contributed by atoms with Gasteiger partial charge in [-0.2, -0.15) is 11.3 Å². The van der Waals surface area contributed by atoms with Gasteiger partial charge in [0.25, 0.3) is 0 Å². The molecule has 1 heterocycles. The predicted octanol–water partition coefficient (Wildman–Crippen LogP) is 4.12. The molecule has 0 amide bonds. The maximum Gasteiger partial charge on any atom is 0.0987 e. The minimum absolute atomic E-state index is 0.0830. The number of thiophene rings is 1. The molecule has 1 saturated carbocycles. The zero-order valence-electron chi connectivity index (χ0n) is 11.5. The van der Waals surface area contributed by atoms with Crippen LogP contribution in [0.5, 0.6) is 0 Å². The minimum Gasteiger partial charge on any atom is -0.369 e. The van der Waals surface area contributed by atoms with Gasteiger partial charge in [-0.15, -0.1) is 0 Å². The van der Waals surface area contributed by atoms with E-state index < -0.39 is 0 Å². The van der Waals surface area contributed by atoms with E-state index in [4.69, 9.17) is 10.5 Å². The van der Waals surface area contributed by atoms with Gasteiger partial charge in [-0.3, -0.25) is 0 Å².